The third-order valence-corrected chi connectivity index (χ3v) is 5.31. The van der Waals surface area contributed by atoms with Crippen LogP contribution in [-0.2, 0) is 11.2 Å². The molecule has 0 radical (unpaired) electrons. The van der Waals surface area contributed by atoms with Gasteiger partial charge in [0.15, 0.2) is 0 Å². The number of anilines is 1. The highest BCUT2D eigenvalue weighted by Crippen LogP contribution is 2.29. The van der Waals surface area contributed by atoms with Crippen LogP contribution in [0.1, 0.15) is 12.0 Å². The lowest BCUT2D eigenvalue weighted by Crippen LogP contribution is -2.45. The molecule has 0 aliphatic carbocycles. The second kappa shape index (κ2) is 7.50. The van der Waals surface area contributed by atoms with Gasteiger partial charge in [0.2, 0.25) is 5.91 Å². The summed E-state index contributed by atoms with van der Waals surface area (Å²) in [5.41, 5.74) is 1.06. The number of hydrogen-bond acceptors (Lipinski definition) is 5. The number of nitrogens with zero attached hydrogens (tertiary/aromatic N) is 4. The maximum atomic E-state index is 14.1. The van der Waals surface area contributed by atoms with Crippen molar-refractivity contribution in [3.63, 3.8) is 0 Å². The molecule has 7 heteroatoms. The molecule has 2 aliphatic rings. The summed E-state index contributed by atoms with van der Waals surface area (Å²) >= 11 is 0. The molecule has 1 saturated heterocycles. The number of carbonyl (C=O) groups excluding carboxylic acids is 1. The van der Waals surface area contributed by atoms with E-state index in [-0.39, 0.29) is 17.9 Å². The molecular formula is C20H23FN4O2. The van der Waals surface area contributed by atoms with Crippen molar-refractivity contribution in [1.29, 1.82) is 0 Å². The molecule has 0 bridgehead atoms. The van der Waals surface area contributed by atoms with Gasteiger partial charge in [-0.05, 0) is 24.1 Å². The van der Waals surface area contributed by atoms with Gasteiger partial charge in [0.1, 0.15) is 30.7 Å². The van der Waals surface area contributed by atoms with Crippen molar-refractivity contribution in [3.8, 4) is 5.75 Å². The largest absolute Gasteiger partial charge is 0.492 e. The minimum absolute atomic E-state index is 0.0365. The van der Waals surface area contributed by atoms with E-state index in [1.165, 1.54) is 6.33 Å². The summed E-state index contributed by atoms with van der Waals surface area (Å²) in [6, 6.07) is 9.50. The smallest absolute Gasteiger partial charge is 0.229 e. The highest BCUT2D eigenvalue weighted by atomic mass is 19.1. The highest BCUT2D eigenvalue weighted by Gasteiger charge is 2.36. The van der Waals surface area contributed by atoms with Gasteiger partial charge in [-0.3, -0.25) is 4.79 Å². The average molecular weight is 370 g/mol. The Kier molecular flexibility index (Phi) is 4.92. The van der Waals surface area contributed by atoms with E-state index in [9.17, 15) is 9.18 Å². The lowest BCUT2D eigenvalue weighted by Gasteiger charge is -2.32. The van der Waals surface area contributed by atoms with Crippen molar-refractivity contribution in [1.82, 2.24) is 14.9 Å². The standard InChI is InChI=1S/C20H23FN4O2/c1-24(20(26)15-8-14-4-2-3-5-18(14)27-12-15)11-17-9-16(21)10-25(17)19-6-7-22-13-23-19/h2-7,13,15-17H,8-12H2,1H3/t15?,16-,17-/m0/s1. The number of carbonyl (C=O) groups is 1. The van der Waals surface area contributed by atoms with Gasteiger partial charge < -0.3 is 14.5 Å². The summed E-state index contributed by atoms with van der Waals surface area (Å²) < 4.78 is 19.8. The van der Waals surface area contributed by atoms with Crippen LogP contribution in [-0.4, -0.2) is 59.7 Å². The number of likely N-dealkylation sites (N-methyl/N-ethyl adjacent to an activating group) is 1. The van der Waals surface area contributed by atoms with E-state index in [0.29, 0.717) is 38.4 Å². The molecule has 1 amide bonds. The van der Waals surface area contributed by atoms with Gasteiger partial charge in [0, 0.05) is 26.2 Å². The van der Waals surface area contributed by atoms with Crippen molar-refractivity contribution in [3.05, 3.63) is 48.4 Å². The van der Waals surface area contributed by atoms with E-state index in [0.717, 1.165) is 11.3 Å². The number of benzene rings is 1. The van der Waals surface area contributed by atoms with Gasteiger partial charge in [-0.25, -0.2) is 14.4 Å². The Morgan fingerprint density at radius 3 is 3.04 bits per heavy atom. The first kappa shape index (κ1) is 17.7. The predicted molar refractivity (Wildman–Crippen MR) is 99.4 cm³/mol. The SMILES string of the molecule is CN(C[C@@H]1C[C@H](F)CN1c1ccncn1)C(=O)C1COc2ccccc2C1. The Morgan fingerprint density at radius 1 is 1.37 bits per heavy atom. The van der Waals surface area contributed by atoms with Crippen LogP contribution in [0.2, 0.25) is 0 Å². The maximum Gasteiger partial charge on any atom is 0.229 e. The lowest BCUT2D eigenvalue weighted by atomic mass is 9.95. The number of alkyl halides is 1. The summed E-state index contributed by atoms with van der Waals surface area (Å²) in [6.07, 6.45) is 3.26. The van der Waals surface area contributed by atoms with Gasteiger partial charge >= 0.3 is 0 Å². The normalized spacial score (nSPS) is 24.2. The van der Waals surface area contributed by atoms with E-state index < -0.39 is 6.17 Å². The quantitative estimate of drug-likeness (QED) is 0.825. The number of hydrogen-bond donors (Lipinski definition) is 0. The third kappa shape index (κ3) is 3.72. The molecule has 1 unspecified atom stereocenters. The lowest BCUT2D eigenvalue weighted by molar-refractivity contribution is -0.135. The fourth-order valence-corrected chi connectivity index (χ4v) is 3.97. The van der Waals surface area contributed by atoms with E-state index in [4.69, 9.17) is 4.74 Å². The molecule has 6 nitrogen and oxygen atoms in total. The fourth-order valence-electron chi connectivity index (χ4n) is 3.97. The molecule has 3 atom stereocenters. The number of rotatable bonds is 4. The molecule has 1 fully saturated rings. The van der Waals surface area contributed by atoms with E-state index in [2.05, 4.69) is 9.97 Å². The van der Waals surface area contributed by atoms with Crippen LogP contribution in [0.4, 0.5) is 10.2 Å². The number of fused-ring (bicyclic) bond motifs is 1. The number of aromatic nitrogens is 2. The Morgan fingerprint density at radius 2 is 2.22 bits per heavy atom. The molecular weight excluding hydrogens is 347 g/mol. The highest BCUT2D eigenvalue weighted by molar-refractivity contribution is 5.79. The van der Waals surface area contributed by atoms with E-state index >= 15 is 0 Å². The third-order valence-electron chi connectivity index (χ3n) is 5.31. The molecule has 1 aromatic heterocycles. The molecule has 2 aliphatic heterocycles. The fraction of sp³-hybridized carbons (Fsp3) is 0.450. The van der Waals surface area contributed by atoms with E-state index in [1.54, 1.807) is 24.2 Å². The zero-order chi connectivity index (χ0) is 18.8. The Bertz CT molecular complexity index is 804. The van der Waals surface area contributed by atoms with Crippen LogP contribution in [0.25, 0.3) is 0 Å². The second-order valence-electron chi connectivity index (χ2n) is 7.25. The summed E-state index contributed by atoms with van der Waals surface area (Å²) in [4.78, 5) is 24.7. The van der Waals surface area contributed by atoms with Crippen LogP contribution in [0.3, 0.4) is 0 Å². The van der Waals surface area contributed by atoms with Crippen molar-refractivity contribution in [2.45, 2.75) is 25.1 Å². The zero-order valence-electron chi connectivity index (χ0n) is 15.3. The molecule has 2 aromatic rings. The molecule has 0 N–H and O–H groups in total. The minimum atomic E-state index is -0.918. The molecule has 27 heavy (non-hydrogen) atoms. The Labute approximate surface area is 158 Å². The Balaban J connectivity index is 1.42. The molecule has 0 spiro atoms. The van der Waals surface area contributed by atoms with Crippen molar-refractivity contribution in [2.24, 2.45) is 5.92 Å². The van der Waals surface area contributed by atoms with Crippen LogP contribution < -0.4 is 9.64 Å². The number of halogens is 1. The molecule has 0 saturated carbocycles. The first-order valence-corrected chi connectivity index (χ1v) is 9.24. The minimum Gasteiger partial charge on any atom is -0.492 e. The van der Waals surface area contributed by atoms with Crippen molar-refractivity contribution < 1.29 is 13.9 Å². The summed E-state index contributed by atoms with van der Waals surface area (Å²) in [7, 11) is 1.78. The molecule has 1 aromatic carbocycles. The van der Waals surface area contributed by atoms with Gasteiger partial charge in [0.25, 0.3) is 0 Å². The van der Waals surface area contributed by atoms with Crippen LogP contribution in [0, 0.1) is 5.92 Å². The molecule has 4 rings (SSSR count). The first-order valence-electron chi connectivity index (χ1n) is 9.24. The second-order valence-corrected chi connectivity index (χ2v) is 7.25. The summed E-state index contributed by atoms with van der Waals surface area (Å²) in [6.45, 7) is 1.14. The number of ether oxygens (including phenoxy) is 1. The van der Waals surface area contributed by atoms with Crippen molar-refractivity contribution >= 4 is 11.7 Å². The summed E-state index contributed by atoms with van der Waals surface area (Å²) in [5, 5.41) is 0. The van der Waals surface area contributed by atoms with Crippen LogP contribution in [0.15, 0.2) is 42.9 Å². The predicted octanol–water partition coefficient (Wildman–Crippen LogP) is 2.10. The molecule has 3 heterocycles. The van der Waals surface area contributed by atoms with Crippen LogP contribution >= 0.6 is 0 Å². The van der Waals surface area contributed by atoms with Crippen LogP contribution in [0.5, 0.6) is 5.75 Å². The maximum absolute atomic E-state index is 14.1. The van der Waals surface area contributed by atoms with Gasteiger partial charge in [0.05, 0.1) is 18.5 Å². The van der Waals surface area contributed by atoms with Gasteiger partial charge in [-0.1, -0.05) is 18.2 Å². The van der Waals surface area contributed by atoms with Crippen molar-refractivity contribution in [2.75, 3.05) is 31.6 Å². The Hall–Kier alpha value is -2.70. The van der Waals surface area contributed by atoms with Gasteiger partial charge in [-0.15, -0.1) is 0 Å². The summed E-state index contributed by atoms with van der Waals surface area (Å²) in [5.74, 6) is 1.38. The average Bonchev–Trinajstić information content (AvgIpc) is 3.07. The van der Waals surface area contributed by atoms with E-state index in [1.807, 2.05) is 29.2 Å². The number of para-hydroxylation sites is 1. The molecule has 142 valence electrons. The van der Waals surface area contributed by atoms with Gasteiger partial charge in [-0.2, -0.15) is 0 Å². The first-order chi connectivity index (χ1) is 13.1. The monoisotopic (exact) mass is 370 g/mol. The number of amides is 1. The zero-order valence-corrected chi connectivity index (χ0v) is 15.3. The topological polar surface area (TPSA) is 58.6 Å².